The van der Waals surface area contributed by atoms with E-state index in [1.54, 1.807) is 97.1 Å². The number of imide groups is 1. The van der Waals surface area contributed by atoms with E-state index in [4.69, 9.17) is 39.3 Å². The summed E-state index contributed by atoms with van der Waals surface area (Å²) >= 11 is 0. The van der Waals surface area contributed by atoms with E-state index >= 15 is 0 Å². The number of rotatable bonds is 24. The Morgan fingerprint density at radius 3 is 1.71 bits per heavy atom. The van der Waals surface area contributed by atoms with Gasteiger partial charge in [0, 0.05) is 13.0 Å². The lowest BCUT2D eigenvalue weighted by Gasteiger charge is -2.50. The van der Waals surface area contributed by atoms with Crippen molar-refractivity contribution in [2.75, 3.05) is 26.9 Å². The molecule has 2 saturated heterocycles. The number of esters is 1. The van der Waals surface area contributed by atoms with Crippen LogP contribution in [0.1, 0.15) is 86.5 Å². The topological polar surface area (TPSA) is 189 Å². The molecule has 3 aliphatic heterocycles. The molecule has 0 radical (unpaired) electrons. The molecule has 4 unspecified atom stereocenters. The second-order valence-electron chi connectivity index (χ2n) is 16.3. The van der Waals surface area contributed by atoms with Gasteiger partial charge in [0.2, 0.25) is 0 Å². The maximum absolute atomic E-state index is 14.1. The zero-order valence-corrected chi connectivity index (χ0v) is 36.8. The number of nitrogens with zero attached hydrogens (tertiary/aromatic N) is 1. The van der Waals surface area contributed by atoms with E-state index in [0.717, 1.165) is 30.6 Å². The molecular weight excluding hydrogens is 851 g/mol. The molecule has 15 nitrogen and oxygen atoms in total. The minimum atomic E-state index is -1.90. The van der Waals surface area contributed by atoms with Crippen molar-refractivity contribution >= 4 is 17.8 Å². The van der Waals surface area contributed by atoms with E-state index in [0.29, 0.717) is 36.0 Å². The molecule has 3 N–H and O–H groups in total. The maximum atomic E-state index is 14.1. The monoisotopic (exact) mass is 914 g/mol. The number of methoxy groups -OCH3 is 1. The molecule has 4 aromatic carbocycles. The molecule has 3 heterocycles. The Morgan fingerprint density at radius 2 is 1.14 bits per heavy atom. The van der Waals surface area contributed by atoms with Gasteiger partial charge in [0.15, 0.2) is 12.6 Å². The molecule has 3 aliphatic rings. The lowest BCUT2D eigenvalue weighted by atomic mass is 9.94. The maximum Gasteiger partial charge on any atom is 0.305 e. The third-order valence-electron chi connectivity index (χ3n) is 11.7. The van der Waals surface area contributed by atoms with E-state index in [1.165, 1.54) is 19.2 Å². The van der Waals surface area contributed by atoms with Gasteiger partial charge < -0.3 is 53.2 Å². The zero-order valence-electron chi connectivity index (χ0n) is 39.8. The average Bonchev–Trinajstić information content (AvgIpc) is 3.63. The molecule has 0 bridgehead atoms. The number of carbonyl (C=O) groups is 3. The number of benzene rings is 4. The fourth-order valence-corrected chi connectivity index (χ4v) is 8.23. The fourth-order valence-electron chi connectivity index (χ4n) is 8.23. The van der Waals surface area contributed by atoms with Gasteiger partial charge in [-0.05, 0) is 41.7 Å². The van der Waals surface area contributed by atoms with Crippen LogP contribution in [-0.4, -0.2) is 126 Å². The number of aliphatic hydroxyl groups excluding tert-OH is 3. The summed E-state index contributed by atoms with van der Waals surface area (Å²) in [6.45, 7) is -4.95. The molecular formula is C51H61NO14. The number of aliphatic hydroxyl groups is 3. The summed E-state index contributed by atoms with van der Waals surface area (Å²) in [6.07, 6.45) is -8.89. The summed E-state index contributed by atoms with van der Waals surface area (Å²) in [5.74, 6) is -1.82. The van der Waals surface area contributed by atoms with E-state index in [1.807, 2.05) is 6.07 Å². The standard InChI is InChI=1S/C51H61NO14/c1-59-41(54)27-15-4-2-3-5-18-28-61-51-47(66-50-42(44(56)43(55)39(29-53)64-50)52-48(57)37-25-16-17-26-38(37)49(52)58)46(63-32-36-23-13-8-14-24-36)45(62-31-35-21-11-7-12-22-35)40(65-51)33-60-30-34-19-9-6-10-20-34/h6-14,16-17,19-26,39-40,42-47,50-51,53,55-56H,2-5,15,18,27-33H2,1H3/t39-,40-,42-,43-,44-,45-,46+,47+,50+,51?/m1/s1/i30D,31D,32D/t30?,31?,32?,39-,40-,42-,43-,44-,45-,46+,47+,50+,51?. The summed E-state index contributed by atoms with van der Waals surface area (Å²) in [4.78, 5) is 40.4. The van der Waals surface area contributed by atoms with Crippen molar-refractivity contribution < 1.29 is 71.7 Å². The second-order valence-corrected chi connectivity index (χ2v) is 16.3. The molecule has 0 aromatic heterocycles. The minimum Gasteiger partial charge on any atom is -0.469 e. The van der Waals surface area contributed by atoms with Gasteiger partial charge >= 0.3 is 5.97 Å². The first kappa shape index (κ1) is 44.9. The first-order valence-electron chi connectivity index (χ1n) is 24.2. The number of amides is 2. The zero-order chi connectivity index (χ0) is 48.9. The molecule has 4 aromatic rings. The number of hydrogen-bond donors (Lipinski definition) is 3. The molecule has 0 saturated carbocycles. The first-order valence-corrected chi connectivity index (χ1v) is 22.4. The van der Waals surface area contributed by atoms with E-state index in [9.17, 15) is 32.4 Å². The van der Waals surface area contributed by atoms with Crippen molar-refractivity contribution in [1.82, 2.24) is 4.90 Å². The molecule has 2 amide bonds. The number of fused-ring (bicyclic) bond motifs is 1. The van der Waals surface area contributed by atoms with Gasteiger partial charge in [0.1, 0.15) is 48.8 Å². The van der Waals surface area contributed by atoms with Crippen LogP contribution >= 0.6 is 0 Å². The van der Waals surface area contributed by atoms with Crippen molar-refractivity contribution in [2.24, 2.45) is 0 Å². The number of hydrogen-bond acceptors (Lipinski definition) is 14. The van der Waals surface area contributed by atoms with Crippen LogP contribution in [0.5, 0.6) is 0 Å². The summed E-state index contributed by atoms with van der Waals surface area (Å²) in [5, 5.41) is 33.5. The van der Waals surface area contributed by atoms with Crippen molar-refractivity contribution in [1.29, 1.82) is 0 Å². The summed E-state index contributed by atoms with van der Waals surface area (Å²) in [7, 11) is 1.36. The first-order chi connectivity index (χ1) is 33.5. The van der Waals surface area contributed by atoms with Gasteiger partial charge in [-0.3, -0.25) is 19.3 Å². The van der Waals surface area contributed by atoms with E-state index < -0.39 is 99.5 Å². The normalized spacial score (nSPS) is 28.4. The third kappa shape index (κ3) is 12.5. The molecule has 2 fully saturated rings. The Balaban J connectivity index is 1.26. The van der Waals surface area contributed by atoms with Crippen LogP contribution in [0.2, 0.25) is 0 Å². The Morgan fingerprint density at radius 1 is 0.621 bits per heavy atom. The quantitative estimate of drug-likeness (QED) is 0.0454. The van der Waals surface area contributed by atoms with Crippen molar-refractivity contribution in [3.8, 4) is 0 Å². The smallest absolute Gasteiger partial charge is 0.305 e. The van der Waals surface area contributed by atoms with Crippen LogP contribution in [0.4, 0.5) is 0 Å². The van der Waals surface area contributed by atoms with Gasteiger partial charge in [-0.2, -0.15) is 0 Å². The SMILES string of the molecule is [2H]C(OC[C@H]1OC(OCCCCCCCCC(=O)OC)[C@@H](O[C@@H]2O[C@H](CO)[C@@H](O)[C@H](O)[C@H]2N2C(=O)c3ccccc3C2=O)[C@@H](OC([2H])c2ccccc2)[C@@H]1OC([2H])c1ccccc1)c1ccccc1. The van der Waals surface area contributed by atoms with Gasteiger partial charge in [-0.1, -0.05) is 129 Å². The molecule has 66 heavy (non-hydrogen) atoms. The Labute approximate surface area is 389 Å². The van der Waals surface area contributed by atoms with Crippen LogP contribution in [0.15, 0.2) is 115 Å². The molecule has 15 heteroatoms. The predicted molar refractivity (Wildman–Crippen MR) is 238 cm³/mol. The molecule has 0 spiro atoms. The predicted octanol–water partition coefficient (Wildman–Crippen LogP) is 5.51. The van der Waals surface area contributed by atoms with Crippen molar-refractivity contribution in [2.45, 2.75) is 126 Å². The van der Waals surface area contributed by atoms with Gasteiger partial charge in [0.05, 0.1) is 55.3 Å². The van der Waals surface area contributed by atoms with Crippen molar-refractivity contribution in [3.05, 3.63) is 143 Å². The van der Waals surface area contributed by atoms with Crippen LogP contribution in [0.25, 0.3) is 0 Å². The van der Waals surface area contributed by atoms with E-state index in [-0.39, 0.29) is 30.3 Å². The molecule has 13 atom stereocenters. The lowest BCUT2D eigenvalue weighted by molar-refractivity contribution is -0.367. The lowest BCUT2D eigenvalue weighted by Crippen LogP contribution is -2.68. The number of carbonyl (C=O) groups excluding carboxylic acids is 3. The Hall–Kier alpha value is -4.91. The van der Waals surface area contributed by atoms with Crippen LogP contribution in [0, 0.1) is 0 Å². The van der Waals surface area contributed by atoms with Crippen LogP contribution < -0.4 is 0 Å². The fraction of sp³-hybridized carbons (Fsp3) is 0.471. The Bertz CT molecular complexity index is 2200. The molecule has 7 rings (SSSR count). The van der Waals surface area contributed by atoms with E-state index in [2.05, 4.69) is 0 Å². The second kappa shape index (κ2) is 24.7. The summed E-state index contributed by atoms with van der Waals surface area (Å²) in [5.41, 5.74) is 1.58. The highest BCUT2D eigenvalue weighted by molar-refractivity contribution is 6.21. The summed E-state index contributed by atoms with van der Waals surface area (Å²) < 4.78 is 77.9. The highest BCUT2D eigenvalue weighted by Gasteiger charge is 2.57. The van der Waals surface area contributed by atoms with Crippen molar-refractivity contribution in [3.63, 3.8) is 0 Å². The summed E-state index contributed by atoms with van der Waals surface area (Å²) in [6, 6.07) is 30.6. The molecule has 0 aliphatic carbocycles. The molecule has 354 valence electrons. The average molecular weight is 915 g/mol. The van der Waals surface area contributed by atoms with Gasteiger partial charge in [-0.15, -0.1) is 0 Å². The third-order valence-corrected chi connectivity index (χ3v) is 11.7. The highest BCUT2D eigenvalue weighted by Crippen LogP contribution is 2.37. The van der Waals surface area contributed by atoms with Gasteiger partial charge in [0.25, 0.3) is 11.8 Å². The van der Waals surface area contributed by atoms with Crippen LogP contribution in [-0.2, 0) is 62.4 Å². The minimum absolute atomic E-state index is 0.0564. The number of ether oxygens (including phenoxy) is 8. The number of unbranched alkanes of at least 4 members (excludes halogenated alkanes) is 5. The van der Waals surface area contributed by atoms with Gasteiger partial charge in [-0.25, -0.2) is 0 Å². The Kier molecular flexibility index (Phi) is 16.8. The van der Waals surface area contributed by atoms with Crippen LogP contribution in [0.3, 0.4) is 0 Å². The highest BCUT2D eigenvalue weighted by atomic mass is 16.8. The largest absolute Gasteiger partial charge is 0.469 e.